The molecule has 2 bridgehead atoms. The van der Waals surface area contributed by atoms with E-state index in [-0.39, 0.29) is 5.97 Å². The van der Waals surface area contributed by atoms with Crippen LogP contribution in [0.4, 0.5) is 0 Å². The number of hydrogen-bond acceptors (Lipinski definition) is 4. The maximum Gasteiger partial charge on any atom is 0.337 e. The molecular weight excluding hydrogens is 376 g/mol. The Morgan fingerprint density at radius 3 is 2.73 bits per heavy atom. The normalized spacial score (nSPS) is 30.4. The average Bonchev–Trinajstić information content (AvgIpc) is 3.32. The molecule has 1 aromatic rings. The van der Waals surface area contributed by atoms with Crippen LogP contribution in [0.15, 0.2) is 36.4 Å². The Labute approximate surface area is 178 Å². The summed E-state index contributed by atoms with van der Waals surface area (Å²) in [5.41, 5.74) is 2.32. The van der Waals surface area contributed by atoms with E-state index in [1.165, 1.54) is 26.4 Å². The number of rotatable bonds is 8. The summed E-state index contributed by atoms with van der Waals surface area (Å²) in [6.07, 6.45) is 11.7. The van der Waals surface area contributed by atoms with E-state index in [2.05, 4.69) is 22.4 Å². The highest BCUT2D eigenvalue weighted by Gasteiger charge is 2.62. The van der Waals surface area contributed by atoms with Crippen molar-refractivity contribution in [3.8, 4) is 0 Å². The number of carbonyl (C=O) groups excluding carboxylic acids is 2. The van der Waals surface area contributed by atoms with Gasteiger partial charge in [0, 0.05) is 25.6 Å². The molecule has 0 unspecified atom stereocenters. The van der Waals surface area contributed by atoms with Crippen LogP contribution in [-0.4, -0.2) is 43.0 Å². The first-order chi connectivity index (χ1) is 14.6. The molecule has 30 heavy (non-hydrogen) atoms. The minimum absolute atomic E-state index is 0.306. The van der Waals surface area contributed by atoms with Gasteiger partial charge >= 0.3 is 5.97 Å². The van der Waals surface area contributed by atoms with Gasteiger partial charge in [-0.1, -0.05) is 24.3 Å². The van der Waals surface area contributed by atoms with Crippen molar-refractivity contribution >= 4 is 11.9 Å². The Hall–Kier alpha value is -2.14. The van der Waals surface area contributed by atoms with Gasteiger partial charge in [0.15, 0.2) is 0 Å². The molecule has 1 N–H and O–H groups in total. The summed E-state index contributed by atoms with van der Waals surface area (Å²) < 4.78 is 4.74. The SMILES string of the molecule is COC(=O)c1ccc(CNCC[C@H]2CCC(=O)N2C[C@H]2C[C@H]3C=C[C@H]2C32CC2)cc1. The zero-order valence-electron chi connectivity index (χ0n) is 17.8. The Morgan fingerprint density at radius 1 is 1.23 bits per heavy atom. The van der Waals surface area contributed by atoms with Crippen molar-refractivity contribution < 1.29 is 14.3 Å². The van der Waals surface area contributed by atoms with E-state index >= 15 is 0 Å². The number of ether oxygens (including phenoxy) is 1. The van der Waals surface area contributed by atoms with E-state index < -0.39 is 0 Å². The molecular formula is C25H32N2O3. The van der Waals surface area contributed by atoms with Crippen LogP contribution in [0.5, 0.6) is 0 Å². The number of likely N-dealkylation sites (tertiary alicyclic amines) is 1. The van der Waals surface area contributed by atoms with E-state index in [1.807, 2.05) is 12.1 Å². The van der Waals surface area contributed by atoms with Crippen LogP contribution in [0.25, 0.3) is 0 Å². The molecule has 5 heteroatoms. The monoisotopic (exact) mass is 408 g/mol. The van der Waals surface area contributed by atoms with Gasteiger partial charge in [0.1, 0.15) is 0 Å². The van der Waals surface area contributed by atoms with Gasteiger partial charge in [0.05, 0.1) is 12.7 Å². The minimum Gasteiger partial charge on any atom is -0.465 e. The Morgan fingerprint density at radius 2 is 2.03 bits per heavy atom. The molecule has 3 fully saturated rings. The number of methoxy groups -OCH3 is 1. The maximum absolute atomic E-state index is 12.6. The molecule has 1 aliphatic heterocycles. The third-order valence-electron chi connectivity index (χ3n) is 8.09. The van der Waals surface area contributed by atoms with E-state index in [9.17, 15) is 9.59 Å². The second-order valence-corrected chi connectivity index (χ2v) is 9.64. The van der Waals surface area contributed by atoms with Crippen LogP contribution in [0, 0.1) is 23.2 Å². The van der Waals surface area contributed by atoms with Gasteiger partial charge in [-0.15, -0.1) is 0 Å². The summed E-state index contributed by atoms with van der Waals surface area (Å²) in [4.78, 5) is 26.3. The molecule has 5 rings (SSSR count). The van der Waals surface area contributed by atoms with E-state index in [4.69, 9.17) is 4.74 Å². The second-order valence-electron chi connectivity index (χ2n) is 9.64. The molecule has 4 aliphatic rings. The van der Waals surface area contributed by atoms with E-state index in [1.54, 1.807) is 12.1 Å². The number of allylic oxidation sites excluding steroid dienone is 2. The molecule has 5 nitrogen and oxygen atoms in total. The van der Waals surface area contributed by atoms with Crippen molar-refractivity contribution in [3.63, 3.8) is 0 Å². The van der Waals surface area contributed by atoms with Gasteiger partial charge in [-0.3, -0.25) is 4.79 Å². The predicted octanol–water partition coefficient (Wildman–Crippen LogP) is 3.55. The van der Waals surface area contributed by atoms with Crippen LogP contribution < -0.4 is 5.32 Å². The number of amides is 1. The predicted molar refractivity (Wildman–Crippen MR) is 115 cm³/mol. The number of benzene rings is 1. The highest BCUT2D eigenvalue weighted by molar-refractivity contribution is 5.89. The summed E-state index contributed by atoms with van der Waals surface area (Å²) in [5, 5.41) is 3.51. The third kappa shape index (κ3) is 3.47. The van der Waals surface area contributed by atoms with Gasteiger partial charge in [-0.25, -0.2) is 4.79 Å². The number of esters is 1. The molecule has 1 heterocycles. The standard InChI is InChI=1S/C25H32N2O3/c1-30-24(29)18-4-2-17(3-5-18)15-26-13-10-21-7-9-23(28)27(21)16-19-14-20-6-8-22(19)25(20)11-12-25/h2-6,8,19-22,26H,7,9-16H2,1H3/t19-,20-,21-,22-/m1/s1. The zero-order valence-corrected chi connectivity index (χ0v) is 17.8. The van der Waals surface area contributed by atoms with Gasteiger partial charge in [0.2, 0.25) is 5.91 Å². The first kappa shape index (κ1) is 19.8. The zero-order chi connectivity index (χ0) is 20.7. The van der Waals surface area contributed by atoms with Gasteiger partial charge in [-0.05, 0) is 79.5 Å². The Kier molecular flexibility index (Phi) is 5.18. The molecule has 2 saturated carbocycles. The fourth-order valence-corrected chi connectivity index (χ4v) is 6.31. The molecule has 160 valence electrons. The van der Waals surface area contributed by atoms with E-state index in [0.717, 1.165) is 49.9 Å². The number of carbonyl (C=O) groups is 2. The molecule has 0 radical (unpaired) electrons. The summed E-state index contributed by atoms with van der Waals surface area (Å²) >= 11 is 0. The third-order valence-corrected chi connectivity index (χ3v) is 8.09. The van der Waals surface area contributed by atoms with Gasteiger partial charge < -0.3 is 15.0 Å². The van der Waals surface area contributed by atoms with Gasteiger partial charge in [0.25, 0.3) is 0 Å². The van der Waals surface area contributed by atoms with Crippen LogP contribution in [0.2, 0.25) is 0 Å². The lowest BCUT2D eigenvalue weighted by molar-refractivity contribution is -0.129. The molecule has 4 atom stereocenters. The Bertz CT molecular complexity index is 842. The number of hydrogen-bond donors (Lipinski definition) is 1. The quantitative estimate of drug-likeness (QED) is 0.406. The molecule has 1 aromatic carbocycles. The van der Waals surface area contributed by atoms with Gasteiger partial charge in [-0.2, -0.15) is 0 Å². The molecule has 0 aromatic heterocycles. The van der Waals surface area contributed by atoms with Crippen molar-refractivity contribution in [1.29, 1.82) is 0 Å². The van der Waals surface area contributed by atoms with Crippen molar-refractivity contribution in [1.82, 2.24) is 10.2 Å². The van der Waals surface area contributed by atoms with Crippen LogP contribution in [0.3, 0.4) is 0 Å². The highest BCUT2D eigenvalue weighted by atomic mass is 16.5. The lowest BCUT2D eigenvalue weighted by Crippen LogP contribution is -2.39. The van der Waals surface area contributed by atoms with E-state index in [0.29, 0.717) is 35.3 Å². The first-order valence-corrected chi connectivity index (χ1v) is 11.5. The van der Waals surface area contributed by atoms with Crippen molar-refractivity contribution in [2.45, 2.75) is 51.1 Å². The van der Waals surface area contributed by atoms with Crippen molar-refractivity contribution in [2.24, 2.45) is 23.2 Å². The smallest absolute Gasteiger partial charge is 0.337 e. The van der Waals surface area contributed by atoms with Crippen molar-refractivity contribution in [2.75, 3.05) is 20.2 Å². The fourth-order valence-electron chi connectivity index (χ4n) is 6.31. The lowest BCUT2D eigenvalue weighted by Gasteiger charge is -2.30. The Balaban J connectivity index is 1.10. The second kappa shape index (κ2) is 7.84. The maximum atomic E-state index is 12.6. The summed E-state index contributed by atoms with van der Waals surface area (Å²) in [6.45, 7) is 2.63. The summed E-state index contributed by atoms with van der Waals surface area (Å²) in [6, 6.07) is 7.90. The van der Waals surface area contributed by atoms with Crippen LogP contribution in [-0.2, 0) is 16.1 Å². The molecule has 1 amide bonds. The van der Waals surface area contributed by atoms with Crippen molar-refractivity contribution in [3.05, 3.63) is 47.5 Å². The topological polar surface area (TPSA) is 58.6 Å². The summed E-state index contributed by atoms with van der Waals surface area (Å²) in [5.74, 6) is 2.24. The average molecular weight is 409 g/mol. The number of nitrogens with one attached hydrogen (secondary N) is 1. The molecule has 1 spiro atoms. The number of nitrogens with zero attached hydrogens (tertiary/aromatic N) is 1. The van der Waals surface area contributed by atoms with Crippen LogP contribution in [0.1, 0.15) is 54.4 Å². The lowest BCUT2D eigenvalue weighted by atomic mass is 9.88. The first-order valence-electron chi connectivity index (χ1n) is 11.5. The largest absolute Gasteiger partial charge is 0.465 e. The van der Waals surface area contributed by atoms with Crippen LogP contribution >= 0.6 is 0 Å². The molecule has 1 saturated heterocycles. The highest BCUT2D eigenvalue weighted by Crippen LogP contribution is 2.70. The minimum atomic E-state index is -0.306. The fraction of sp³-hybridized carbons (Fsp3) is 0.600. The molecule has 3 aliphatic carbocycles. The summed E-state index contributed by atoms with van der Waals surface area (Å²) in [7, 11) is 1.40.